The Balaban J connectivity index is 1.73. The van der Waals surface area contributed by atoms with Crippen molar-refractivity contribution in [1.29, 1.82) is 0 Å². The minimum absolute atomic E-state index is 0.130. The second kappa shape index (κ2) is 8.09. The Labute approximate surface area is 159 Å². The SMILES string of the molecule is NC(=S)N/N=C\c1ccc(OCc2cccc3ccccc23)c(Br)c1. The quantitative estimate of drug-likeness (QED) is 0.370. The summed E-state index contributed by atoms with van der Waals surface area (Å²) in [7, 11) is 0. The molecule has 0 amide bonds. The highest BCUT2D eigenvalue weighted by Gasteiger charge is 2.05. The van der Waals surface area contributed by atoms with Gasteiger partial charge in [0.15, 0.2) is 5.11 Å². The molecule has 0 atom stereocenters. The highest BCUT2D eigenvalue weighted by atomic mass is 79.9. The average molecular weight is 414 g/mol. The predicted octanol–water partition coefficient (Wildman–Crippen LogP) is 4.35. The molecule has 126 valence electrons. The number of halogens is 1. The number of nitrogens with one attached hydrogen (secondary N) is 1. The molecule has 4 nitrogen and oxygen atoms in total. The van der Waals surface area contributed by atoms with Crippen molar-refractivity contribution >= 4 is 50.2 Å². The molecule has 0 aliphatic heterocycles. The van der Waals surface area contributed by atoms with Gasteiger partial charge in [0.25, 0.3) is 0 Å². The van der Waals surface area contributed by atoms with E-state index in [-0.39, 0.29) is 5.11 Å². The number of nitrogens with two attached hydrogens (primary N) is 1. The summed E-state index contributed by atoms with van der Waals surface area (Å²) in [4.78, 5) is 0. The van der Waals surface area contributed by atoms with Crippen LogP contribution in [0.2, 0.25) is 0 Å². The lowest BCUT2D eigenvalue weighted by Crippen LogP contribution is -2.23. The standard InChI is InChI=1S/C19H16BrN3OS/c20-17-10-13(11-22-23-19(21)25)8-9-18(17)24-12-15-6-3-5-14-4-1-2-7-16(14)15/h1-11H,12H2,(H3,21,23,25)/b22-11-. The summed E-state index contributed by atoms with van der Waals surface area (Å²) in [5.74, 6) is 0.771. The maximum atomic E-state index is 5.98. The van der Waals surface area contributed by atoms with E-state index in [1.54, 1.807) is 6.21 Å². The fourth-order valence-corrected chi connectivity index (χ4v) is 3.02. The van der Waals surface area contributed by atoms with Gasteiger partial charge in [0.2, 0.25) is 0 Å². The van der Waals surface area contributed by atoms with E-state index in [9.17, 15) is 0 Å². The van der Waals surface area contributed by atoms with Crippen LogP contribution in [0.1, 0.15) is 11.1 Å². The van der Waals surface area contributed by atoms with Gasteiger partial charge in [-0.3, -0.25) is 5.43 Å². The molecule has 0 saturated heterocycles. The summed E-state index contributed by atoms with van der Waals surface area (Å²) < 4.78 is 6.83. The van der Waals surface area contributed by atoms with Crippen molar-refractivity contribution in [2.24, 2.45) is 10.8 Å². The third-order valence-electron chi connectivity index (χ3n) is 3.61. The van der Waals surface area contributed by atoms with Crippen LogP contribution in [0.15, 0.2) is 70.2 Å². The third kappa shape index (κ3) is 4.55. The number of rotatable bonds is 5. The van der Waals surface area contributed by atoms with Gasteiger partial charge in [-0.15, -0.1) is 0 Å². The highest BCUT2D eigenvalue weighted by Crippen LogP contribution is 2.27. The number of fused-ring (bicyclic) bond motifs is 1. The molecule has 3 N–H and O–H groups in total. The van der Waals surface area contributed by atoms with E-state index in [0.717, 1.165) is 21.3 Å². The molecule has 0 aromatic heterocycles. The molecule has 0 heterocycles. The fraction of sp³-hybridized carbons (Fsp3) is 0.0526. The van der Waals surface area contributed by atoms with Crippen LogP contribution in [-0.4, -0.2) is 11.3 Å². The van der Waals surface area contributed by atoms with Gasteiger partial charge in [-0.05, 0) is 68.2 Å². The van der Waals surface area contributed by atoms with E-state index in [1.807, 2.05) is 36.4 Å². The molecule has 3 aromatic carbocycles. The first-order valence-corrected chi connectivity index (χ1v) is 8.81. The zero-order chi connectivity index (χ0) is 17.6. The van der Waals surface area contributed by atoms with Crippen molar-refractivity contribution in [2.75, 3.05) is 0 Å². The van der Waals surface area contributed by atoms with Gasteiger partial charge in [-0.25, -0.2) is 0 Å². The zero-order valence-corrected chi connectivity index (χ0v) is 15.7. The summed E-state index contributed by atoms with van der Waals surface area (Å²) in [6.07, 6.45) is 1.64. The van der Waals surface area contributed by atoms with Crippen molar-refractivity contribution in [3.8, 4) is 5.75 Å². The monoisotopic (exact) mass is 413 g/mol. The molecule has 0 spiro atoms. The summed E-state index contributed by atoms with van der Waals surface area (Å²) in [6.45, 7) is 0.496. The maximum Gasteiger partial charge on any atom is 0.184 e. The van der Waals surface area contributed by atoms with Gasteiger partial charge in [-0.1, -0.05) is 42.5 Å². The first-order chi connectivity index (χ1) is 12.1. The number of benzene rings is 3. The van der Waals surface area contributed by atoms with Crippen LogP contribution in [0, 0.1) is 0 Å². The molecular formula is C19H16BrN3OS. The molecule has 3 rings (SSSR count). The van der Waals surface area contributed by atoms with E-state index in [4.69, 9.17) is 22.7 Å². The molecule has 25 heavy (non-hydrogen) atoms. The molecule has 0 aliphatic carbocycles. The number of ether oxygens (including phenoxy) is 1. The van der Waals surface area contributed by atoms with Crippen LogP contribution in [-0.2, 0) is 6.61 Å². The largest absolute Gasteiger partial charge is 0.488 e. The molecule has 0 fully saturated rings. The number of hydrogen-bond donors (Lipinski definition) is 2. The van der Waals surface area contributed by atoms with Crippen LogP contribution in [0.4, 0.5) is 0 Å². The minimum atomic E-state index is 0.130. The van der Waals surface area contributed by atoms with Crippen LogP contribution in [0.5, 0.6) is 5.75 Å². The van der Waals surface area contributed by atoms with E-state index in [1.165, 1.54) is 10.8 Å². The number of nitrogens with zero attached hydrogens (tertiary/aromatic N) is 1. The number of hydrogen-bond acceptors (Lipinski definition) is 3. The Hall–Kier alpha value is -2.44. The lowest BCUT2D eigenvalue weighted by atomic mass is 10.1. The van der Waals surface area contributed by atoms with Crippen LogP contribution in [0.3, 0.4) is 0 Å². The van der Waals surface area contributed by atoms with Crippen LogP contribution >= 0.6 is 28.1 Å². The topological polar surface area (TPSA) is 59.6 Å². The Morgan fingerprint density at radius 3 is 2.76 bits per heavy atom. The van der Waals surface area contributed by atoms with Crippen LogP contribution < -0.4 is 15.9 Å². The number of thiocarbonyl (C=S) groups is 1. The molecule has 0 bridgehead atoms. The summed E-state index contributed by atoms with van der Waals surface area (Å²) in [6, 6.07) is 20.2. The van der Waals surface area contributed by atoms with Gasteiger partial charge < -0.3 is 10.5 Å². The Bertz CT molecular complexity index is 938. The Kier molecular flexibility index (Phi) is 5.63. The second-order valence-corrected chi connectivity index (χ2v) is 6.65. The smallest absolute Gasteiger partial charge is 0.184 e. The number of hydrazone groups is 1. The zero-order valence-electron chi connectivity index (χ0n) is 13.3. The molecule has 0 saturated carbocycles. The first-order valence-electron chi connectivity index (χ1n) is 7.61. The first kappa shape index (κ1) is 17.4. The third-order valence-corrected chi connectivity index (χ3v) is 4.32. The maximum absolute atomic E-state index is 5.98. The van der Waals surface area contributed by atoms with E-state index < -0.39 is 0 Å². The normalized spacial score (nSPS) is 10.9. The molecule has 6 heteroatoms. The minimum Gasteiger partial charge on any atom is -0.488 e. The molecular weight excluding hydrogens is 398 g/mol. The average Bonchev–Trinajstić information content (AvgIpc) is 2.61. The van der Waals surface area contributed by atoms with Gasteiger partial charge >= 0.3 is 0 Å². The van der Waals surface area contributed by atoms with E-state index >= 15 is 0 Å². The van der Waals surface area contributed by atoms with Gasteiger partial charge in [0.05, 0.1) is 10.7 Å². The Morgan fingerprint density at radius 1 is 1.16 bits per heavy atom. The van der Waals surface area contributed by atoms with Crippen molar-refractivity contribution in [3.05, 3.63) is 76.3 Å². The molecule has 0 unspecified atom stereocenters. The van der Waals surface area contributed by atoms with Crippen molar-refractivity contribution in [2.45, 2.75) is 6.61 Å². The second-order valence-electron chi connectivity index (χ2n) is 5.35. The van der Waals surface area contributed by atoms with Gasteiger partial charge in [0, 0.05) is 0 Å². The predicted molar refractivity (Wildman–Crippen MR) is 110 cm³/mol. The fourth-order valence-electron chi connectivity index (χ4n) is 2.46. The highest BCUT2D eigenvalue weighted by molar-refractivity contribution is 9.10. The van der Waals surface area contributed by atoms with E-state index in [0.29, 0.717) is 6.61 Å². The molecule has 0 radical (unpaired) electrons. The van der Waals surface area contributed by atoms with Gasteiger partial charge in [-0.2, -0.15) is 5.10 Å². The Morgan fingerprint density at radius 2 is 1.96 bits per heavy atom. The van der Waals surface area contributed by atoms with Gasteiger partial charge in [0.1, 0.15) is 12.4 Å². The summed E-state index contributed by atoms with van der Waals surface area (Å²) in [5.41, 5.74) is 9.89. The summed E-state index contributed by atoms with van der Waals surface area (Å²) in [5, 5.41) is 6.48. The molecule has 0 aliphatic rings. The van der Waals surface area contributed by atoms with Crippen molar-refractivity contribution in [3.63, 3.8) is 0 Å². The van der Waals surface area contributed by atoms with E-state index in [2.05, 4.69) is 50.7 Å². The van der Waals surface area contributed by atoms with Crippen LogP contribution in [0.25, 0.3) is 10.8 Å². The molecule has 3 aromatic rings. The van der Waals surface area contributed by atoms with Crippen molar-refractivity contribution < 1.29 is 4.74 Å². The lowest BCUT2D eigenvalue weighted by Gasteiger charge is -2.11. The summed E-state index contributed by atoms with van der Waals surface area (Å²) >= 11 is 8.23. The van der Waals surface area contributed by atoms with Crippen molar-refractivity contribution in [1.82, 2.24) is 5.43 Å². The lowest BCUT2D eigenvalue weighted by molar-refractivity contribution is 0.305.